The van der Waals surface area contributed by atoms with Gasteiger partial charge in [0.25, 0.3) is 0 Å². The topological polar surface area (TPSA) is 82.1 Å². The van der Waals surface area contributed by atoms with E-state index in [-0.39, 0.29) is 0 Å². The fourth-order valence-electron chi connectivity index (χ4n) is 2.48. The molecule has 0 radical (unpaired) electrons. The number of ether oxygens (including phenoxy) is 1. The van der Waals surface area contributed by atoms with Gasteiger partial charge in [0.05, 0.1) is 24.0 Å². The minimum Gasteiger partial charge on any atom is -0.495 e. The first-order chi connectivity index (χ1) is 11.1. The molecule has 3 rings (SSSR count). The van der Waals surface area contributed by atoms with Crippen molar-refractivity contribution in [2.75, 3.05) is 33.5 Å². The molecule has 120 valence electrons. The molecule has 2 aromatic heterocycles. The average molecular weight is 312 g/mol. The number of nitrogen functional groups attached to an aromatic ring is 1. The number of likely N-dealkylation sites (N-methyl/N-ethyl adjacent to an activating group) is 1. The number of hydrogen-bond donors (Lipinski definition) is 1. The van der Waals surface area contributed by atoms with E-state index < -0.39 is 0 Å². The van der Waals surface area contributed by atoms with Crippen LogP contribution in [0.5, 0.6) is 5.75 Å². The standard InChI is InChI=1S/C16H20N6O/c1-21(2)8-6-12-14-11(4-5-13(23-3)15(14)17)19-16(20-12)22-9-7-18-10-22/h4-5,7,9-10H,6,8,17H2,1-3H3. The Morgan fingerprint density at radius 3 is 2.74 bits per heavy atom. The van der Waals surface area contributed by atoms with Crippen LogP contribution < -0.4 is 10.5 Å². The van der Waals surface area contributed by atoms with Gasteiger partial charge in [-0.25, -0.2) is 15.0 Å². The number of imidazole rings is 1. The van der Waals surface area contributed by atoms with Crippen LogP contribution in [0.1, 0.15) is 5.69 Å². The monoisotopic (exact) mass is 312 g/mol. The van der Waals surface area contributed by atoms with Gasteiger partial charge in [0.1, 0.15) is 12.1 Å². The summed E-state index contributed by atoms with van der Waals surface area (Å²) in [6.07, 6.45) is 5.98. The summed E-state index contributed by atoms with van der Waals surface area (Å²) in [6, 6.07) is 3.74. The van der Waals surface area contributed by atoms with Gasteiger partial charge in [-0.15, -0.1) is 0 Å². The molecule has 0 aliphatic heterocycles. The van der Waals surface area contributed by atoms with E-state index in [1.807, 2.05) is 32.4 Å². The molecule has 0 fully saturated rings. The number of fused-ring (bicyclic) bond motifs is 1. The minimum absolute atomic E-state index is 0.580. The summed E-state index contributed by atoms with van der Waals surface area (Å²) in [6.45, 7) is 0.867. The molecular weight excluding hydrogens is 292 g/mol. The van der Waals surface area contributed by atoms with Crippen LogP contribution in [0.2, 0.25) is 0 Å². The maximum Gasteiger partial charge on any atom is 0.235 e. The molecule has 7 nitrogen and oxygen atoms in total. The minimum atomic E-state index is 0.580. The number of rotatable bonds is 5. The van der Waals surface area contributed by atoms with E-state index in [0.29, 0.717) is 17.4 Å². The molecule has 1 aromatic carbocycles. The summed E-state index contributed by atoms with van der Waals surface area (Å²) in [5.41, 5.74) is 8.56. The van der Waals surface area contributed by atoms with Crippen LogP contribution in [0, 0.1) is 0 Å². The summed E-state index contributed by atoms with van der Waals surface area (Å²) < 4.78 is 7.12. The van der Waals surface area contributed by atoms with Crippen molar-refractivity contribution < 1.29 is 4.74 Å². The molecule has 2 N–H and O–H groups in total. The van der Waals surface area contributed by atoms with Crippen molar-refractivity contribution in [3.05, 3.63) is 36.5 Å². The zero-order valence-corrected chi connectivity index (χ0v) is 13.5. The molecule has 0 amide bonds. The number of benzene rings is 1. The lowest BCUT2D eigenvalue weighted by molar-refractivity contribution is 0.412. The van der Waals surface area contributed by atoms with Crippen molar-refractivity contribution >= 4 is 16.6 Å². The van der Waals surface area contributed by atoms with Crippen molar-refractivity contribution in [3.8, 4) is 11.7 Å². The molecule has 23 heavy (non-hydrogen) atoms. The van der Waals surface area contributed by atoms with E-state index in [2.05, 4.69) is 14.9 Å². The SMILES string of the molecule is COc1ccc2nc(-n3ccnc3)nc(CCN(C)C)c2c1N. The number of nitrogens with two attached hydrogens (primary N) is 1. The second kappa shape index (κ2) is 6.21. The van der Waals surface area contributed by atoms with Crippen molar-refractivity contribution in [1.82, 2.24) is 24.4 Å². The van der Waals surface area contributed by atoms with E-state index in [1.165, 1.54) is 0 Å². The molecule has 0 unspecified atom stereocenters. The third-order valence-electron chi connectivity index (χ3n) is 3.68. The predicted octanol–water partition coefficient (Wildman–Crippen LogP) is 1.51. The Morgan fingerprint density at radius 2 is 2.09 bits per heavy atom. The van der Waals surface area contributed by atoms with Crippen molar-refractivity contribution in [2.45, 2.75) is 6.42 Å². The number of anilines is 1. The van der Waals surface area contributed by atoms with Crippen LogP contribution in [0.25, 0.3) is 16.9 Å². The number of nitrogens with zero attached hydrogens (tertiary/aromatic N) is 5. The van der Waals surface area contributed by atoms with Gasteiger partial charge in [-0.05, 0) is 26.2 Å². The third kappa shape index (κ3) is 2.95. The van der Waals surface area contributed by atoms with Gasteiger partial charge >= 0.3 is 0 Å². The highest BCUT2D eigenvalue weighted by Gasteiger charge is 2.14. The van der Waals surface area contributed by atoms with E-state index in [9.17, 15) is 0 Å². The fourth-order valence-corrected chi connectivity index (χ4v) is 2.48. The van der Waals surface area contributed by atoms with Gasteiger partial charge in [-0.2, -0.15) is 0 Å². The average Bonchev–Trinajstić information content (AvgIpc) is 3.07. The number of methoxy groups -OCH3 is 1. The molecule has 0 bridgehead atoms. The van der Waals surface area contributed by atoms with Crippen molar-refractivity contribution in [2.24, 2.45) is 0 Å². The van der Waals surface area contributed by atoms with Gasteiger partial charge < -0.3 is 15.4 Å². The molecular formula is C16H20N6O. The largest absolute Gasteiger partial charge is 0.495 e. The van der Waals surface area contributed by atoms with E-state index in [1.54, 1.807) is 24.2 Å². The van der Waals surface area contributed by atoms with Gasteiger partial charge in [-0.1, -0.05) is 0 Å². The Kier molecular flexibility index (Phi) is 4.12. The Balaban J connectivity index is 2.20. The van der Waals surface area contributed by atoms with Gasteiger partial charge in [-0.3, -0.25) is 4.57 Å². The molecule has 0 saturated carbocycles. The quantitative estimate of drug-likeness (QED) is 0.719. The van der Waals surface area contributed by atoms with Gasteiger partial charge in [0, 0.05) is 30.7 Å². The molecule has 2 heterocycles. The second-order valence-electron chi connectivity index (χ2n) is 5.57. The van der Waals surface area contributed by atoms with E-state index >= 15 is 0 Å². The predicted molar refractivity (Wildman–Crippen MR) is 89.9 cm³/mol. The summed E-state index contributed by atoms with van der Waals surface area (Å²) in [4.78, 5) is 15.5. The zero-order chi connectivity index (χ0) is 16.4. The summed E-state index contributed by atoms with van der Waals surface area (Å²) >= 11 is 0. The Bertz CT molecular complexity index is 813. The maximum atomic E-state index is 6.27. The smallest absolute Gasteiger partial charge is 0.235 e. The number of aromatic nitrogens is 4. The van der Waals surface area contributed by atoms with Crippen LogP contribution in [-0.2, 0) is 6.42 Å². The molecule has 0 saturated heterocycles. The van der Waals surface area contributed by atoms with Gasteiger partial charge in [0.15, 0.2) is 0 Å². The number of hydrogen-bond acceptors (Lipinski definition) is 6. The first kappa shape index (κ1) is 15.2. The molecule has 0 spiro atoms. The molecule has 0 aliphatic carbocycles. The van der Waals surface area contributed by atoms with Crippen LogP contribution >= 0.6 is 0 Å². The van der Waals surface area contributed by atoms with Crippen LogP contribution in [0.4, 0.5) is 5.69 Å². The first-order valence-electron chi connectivity index (χ1n) is 7.36. The maximum absolute atomic E-state index is 6.27. The molecule has 0 atom stereocenters. The lowest BCUT2D eigenvalue weighted by Gasteiger charge is -2.15. The first-order valence-corrected chi connectivity index (χ1v) is 7.36. The Hall–Kier alpha value is -2.67. The third-order valence-corrected chi connectivity index (χ3v) is 3.68. The van der Waals surface area contributed by atoms with Crippen LogP contribution in [0.3, 0.4) is 0 Å². The molecule has 3 aromatic rings. The Labute approximate surface area is 134 Å². The molecule has 7 heteroatoms. The molecule has 0 aliphatic rings. The van der Waals surface area contributed by atoms with Crippen LogP contribution in [-0.4, -0.2) is 52.2 Å². The highest BCUT2D eigenvalue weighted by molar-refractivity contribution is 5.95. The Morgan fingerprint density at radius 1 is 1.26 bits per heavy atom. The summed E-state index contributed by atoms with van der Waals surface area (Å²) in [7, 11) is 5.67. The second-order valence-corrected chi connectivity index (χ2v) is 5.57. The highest BCUT2D eigenvalue weighted by Crippen LogP contribution is 2.32. The highest BCUT2D eigenvalue weighted by atomic mass is 16.5. The van der Waals surface area contributed by atoms with E-state index in [4.69, 9.17) is 15.5 Å². The van der Waals surface area contributed by atoms with Gasteiger partial charge in [0.2, 0.25) is 5.95 Å². The lowest BCUT2D eigenvalue weighted by Crippen LogP contribution is -2.17. The van der Waals surface area contributed by atoms with Crippen molar-refractivity contribution in [1.29, 1.82) is 0 Å². The fraction of sp³-hybridized carbons (Fsp3) is 0.312. The summed E-state index contributed by atoms with van der Waals surface area (Å²) in [5.74, 6) is 1.23. The normalized spacial score (nSPS) is 11.3. The van der Waals surface area contributed by atoms with E-state index in [0.717, 1.165) is 29.6 Å². The van der Waals surface area contributed by atoms with Crippen molar-refractivity contribution in [3.63, 3.8) is 0 Å². The van der Waals surface area contributed by atoms with Crippen LogP contribution in [0.15, 0.2) is 30.9 Å². The summed E-state index contributed by atoms with van der Waals surface area (Å²) in [5, 5.41) is 0.857. The zero-order valence-electron chi connectivity index (χ0n) is 13.5. The lowest BCUT2D eigenvalue weighted by atomic mass is 10.1.